The Morgan fingerprint density at radius 3 is 2.68 bits per heavy atom. The molecule has 0 fully saturated rings. The maximum atomic E-state index is 11.9. The van der Waals surface area contributed by atoms with Crippen LogP contribution in [0.15, 0.2) is 16.6 Å². The van der Waals surface area contributed by atoms with Crippen LogP contribution in [0.2, 0.25) is 5.02 Å². The van der Waals surface area contributed by atoms with E-state index in [9.17, 15) is 8.78 Å². The van der Waals surface area contributed by atoms with Crippen LogP contribution < -0.4 is 10.5 Å². The van der Waals surface area contributed by atoms with Gasteiger partial charge in [-0.3, -0.25) is 0 Å². The van der Waals surface area contributed by atoms with E-state index in [2.05, 4.69) is 15.9 Å². The Balaban J connectivity index is 2.68. The van der Waals surface area contributed by atoms with E-state index >= 15 is 0 Å². The summed E-state index contributed by atoms with van der Waals surface area (Å²) < 4.78 is 34.6. The number of halogens is 4. The van der Waals surface area contributed by atoms with E-state index in [-0.39, 0.29) is 6.61 Å². The summed E-state index contributed by atoms with van der Waals surface area (Å²) in [5, 5.41) is 0.520. The van der Waals surface area contributed by atoms with Gasteiger partial charge in [0.05, 0.1) is 11.6 Å². The number of nitrogens with two attached hydrogens (primary N) is 1. The van der Waals surface area contributed by atoms with Crippen molar-refractivity contribution in [3.63, 3.8) is 0 Å². The van der Waals surface area contributed by atoms with E-state index in [0.717, 1.165) is 0 Å². The number of methoxy groups -OCH3 is 1. The second-order valence-electron chi connectivity index (χ2n) is 3.87. The highest BCUT2D eigenvalue weighted by Crippen LogP contribution is 2.36. The molecule has 0 bridgehead atoms. The van der Waals surface area contributed by atoms with Crippen LogP contribution in [0.1, 0.15) is 18.0 Å². The molecule has 1 atom stereocenters. The van der Waals surface area contributed by atoms with Crippen molar-refractivity contribution >= 4 is 27.5 Å². The number of ether oxygens (including phenoxy) is 2. The maximum absolute atomic E-state index is 11.9. The fourth-order valence-corrected chi connectivity index (χ4v) is 2.61. The fraction of sp³-hybridized carbons (Fsp3) is 0.500. The van der Waals surface area contributed by atoms with Gasteiger partial charge in [0.1, 0.15) is 12.4 Å². The molecule has 0 saturated heterocycles. The smallest absolute Gasteiger partial charge is 0.261 e. The van der Waals surface area contributed by atoms with Crippen molar-refractivity contribution < 1.29 is 18.3 Å². The Morgan fingerprint density at radius 1 is 1.42 bits per heavy atom. The average Bonchev–Trinajstić information content (AvgIpc) is 2.33. The minimum Gasteiger partial charge on any atom is -0.495 e. The molecule has 1 rings (SSSR count). The molecule has 0 heterocycles. The summed E-state index contributed by atoms with van der Waals surface area (Å²) in [5.74, 6) is 0.589. The Kier molecular flexibility index (Phi) is 6.99. The summed E-state index contributed by atoms with van der Waals surface area (Å²) in [6.07, 6.45) is -2.07. The molecule has 0 radical (unpaired) electrons. The third kappa shape index (κ3) is 5.22. The third-order valence-corrected chi connectivity index (χ3v) is 3.26. The van der Waals surface area contributed by atoms with Crippen LogP contribution >= 0.6 is 27.5 Å². The third-order valence-electron chi connectivity index (χ3n) is 2.46. The molecule has 7 heteroatoms. The fourth-order valence-electron chi connectivity index (χ4n) is 1.61. The molecular weight excluding hydrogens is 343 g/mol. The van der Waals surface area contributed by atoms with Crippen LogP contribution in [0.5, 0.6) is 5.75 Å². The minimum absolute atomic E-state index is 0.152. The van der Waals surface area contributed by atoms with E-state index in [0.29, 0.717) is 27.2 Å². The van der Waals surface area contributed by atoms with Gasteiger partial charge < -0.3 is 15.2 Å². The van der Waals surface area contributed by atoms with E-state index in [1.54, 1.807) is 12.1 Å². The van der Waals surface area contributed by atoms with Crippen molar-refractivity contribution in [2.24, 2.45) is 5.73 Å². The molecule has 0 aromatic heterocycles. The SMILES string of the molecule is COc1c(Br)cc(Cl)cc1C(N)CCOCC(F)F. The first-order valence-electron chi connectivity index (χ1n) is 5.60. The van der Waals surface area contributed by atoms with Gasteiger partial charge in [0.15, 0.2) is 0 Å². The highest BCUT2D eigenvalue weighted by Gasteiger charge is 2.16. The lowest BCUT2D eigenvalue weighted by Gasteiger charge is -2.17. The van der Waals surface area contributed by atoms with E-state index < -0.39 is 19.1 Å². The number of benzene rings is 1. The van der Waals surface area contributed by atoms with E-state index in [4.69, 9.17) is 26.8 Å². The zero-order valence-electron chi connectivity index (χ0n) is 10.3. The first kappa shape index (κ1) is 16.6. The first-order valence-corrected chi connectivity index (χ1v) is 6.77. The summed E-state index contributed by atoms with van der Waals surface area (Å²) in [5.41, 5.74) is 6.71. The van der Waals surface area contributed by atoms with Gasteiger partial charge in [-0.2, -0.15) is 0 Å². The molecule has 0 aliphatic heterocycles. The topological polar surface area (TPSA) is 44.5 Å². The molecule has 0 aliphatic carbocycles. The molecule has 0 saturated carbocycles. The van der Waals surface area contributed by atoms with Gasteiger partial charge in [0.2, 0.25) is 0 Å². The number of hydrogen-bond acceptors (Lipinski definition) is 3. The van der Waals surface area contributed by atoms with Crippen LogP contribution in [-0.2, 0) is 4.74 Å². The molecule has 1 aromatic carbocycles. The van der Waals surface area contributed by atoms with Crippen LogP contribution in [0.25, 0.3) is 0 Å². The number of hydrogen-bond donors (Lipinski definition) is 1. The normalized spacial score (nSPS) is 12.8. The zero-order valence-corrected chi connectivity index (χ0v) is 12.7. The number of rotatable bonds is 7. The van der Waals surface area contributed by atoms with Crippen molar-refractivity contribution in [1.82, 2.24) is 0 Å². The first-order chi connectivity index (χ1) is 8.95. The predicted octanol–water partition coefficient (Wildman–Crippen LogP) is 3.78. The van der Waals surface area contributed by atoms with Crippen molar-refractivity contribution in [2.75, 3.05) is 20.3 Å². The number of alkyl halides is 2. The molecule has 3 nitrogen and oxygen atoms in total. The quantitative estimate of drug-likeness (QED) is 0.754. The van der Waals surface area contributed by atoms with Gasteiger partial charge in [-0.1, -0.05) is 11.6 Å². The summed E-state index contributed by atoms with van der Waals surface area (Å²) in [4.78, 5) is 0. The van der Waals surface area contributed by atoms with E-state index in [1.807, 2.05) is 0 Å². The predicted molar refractivity (Wildman–Crippen MR) is 74.1 cm³/mol. The lowest BCUT2D eigenvalue weighted by Crippen LogP contribution is -2.16. The highest BCUT2D eigenvalue weighted by atomic mass is 79.9. The Morgan fingerprint density at radius 2 is 2.11 bits per heavy atom. The highest BCUT2D eigenvalue weighted by molar-refractivity contribution is 9.10. The Hall–Kier alpha value is -0.430. The standard InChI is InChI=1S/C12H15BrClF2NO2/c1-18-12-8(4-7(14)5-9(12)13)10(17)2-3-19-6-11(15)16/h4-5,10-11H,2-3,6,17H2,1H3. The van der Waals surface area contributed by atoms with Crippen LogP contribution in [0, 0.1) is 0 Å². The maximum Gasteiger partial charge on any atom is 0.261 e. The van der Waals surface area contributed by atoms with Crippen molar-refractivity contribution in [3.05, 3.63) is 27.2 Å². The van der Waals surface area contributed by atoms with Crippen molar-refractivity contribution in [1.29, 1.82) is 0 Å². The molecule has 1 unspecified atom stereocenters. The lowest BCUT2D eigenvalue weighted by atomic mass is 10.0. The van der Waals surface area contributed by atoms with Gasteiger partial charge in [-0.25, -0.2) is 8.78 Å². The Bertz CT molecular complexity index is 421. The summed E-state index contributed by atoms with van der Waals surface area (Å²) in [6, 6.07) is 3.00. The van der Waals surface area contributed by atoms with Gasteiger partial charge in [0.25, 0.3) is 6.43 Å². The van der Waals surface area contributed by atoms with Crippen molar-refractivity contribution in [2.45, 2.75) is 18.9 Å². The summed E-state index contributed by atoms with van der Waals surface area (Å²) in [6.45, 7) is -0.429. The lowest BCUT2D eigenvalue weighted by molar-refractivity contribution is 0.0152. The summed E-state index contributed by atoms with van der Waals surface area (Å²) in [7, 11) is 1.53. The molecule has 19 heavy (non-hydrogen) atoms. The van der Waals surface area contributed by atoms with E-state index in [1.165, 1.54) is 7.11 Å². The van der Waals surface area contributed by atoms with Gasteiger partial charge in [-0.05, 0) is 34.5 Å². The van der Waals surface area contributed by atoms with Gasteiger partial charge in [0, 0.05) is 23.2 Å². The summed E-state index contributed by atoms with van der Waals surface area (Å²) >= 11 is 9.29. The molecule has 1 aromatic rings. The van der Waals surface area contributed by atoms with Crippen LogP contribution in [0.3, 0.4) is 0 Å². The zero-order chi connectivity index (χ0) is 14.4. The van der Waals surface area contributed by atoms with Crippen molar-refractivity contribution in [3.8, 4) is 5.75 Å². The monoisotopic (exact) mass is 357 g/mol. The Labute approximate surface area is 124 Å². The van der Waals surface area contributed by atoms with Crippen LogP contribution in [0.4, 0.5) is 8.78 Å². The molecule has 108 valence electrons. The largest absolute Gasteiger partial charge is 0.495 e. The molecule has 0 aliphatic rings. The molecule has 0 spiro atoms. The van der Waals surface area contributed by atoms with Gasteiger partial charge in [-0.15, -0.1) is 0 Å². The average molecular weight is 359 g/mol. The minimum atomic E-state index is -2.47. The molecule has 2 N–H and O–H groups in total. The van der Waals surface area contributed by atoms with Crippen LogP contribution in [-0.4, -0.2) is 26.7 Å². The second kappa shape index (κ2) is 7.99. The second-order valence-corrected chi connectivity index (χ2v) is 5.16. The van der Waals surface area contributed by atoms with Gasteiger partial charge >= 0.3 is 0 Å². The molecule has 0 amide bonds. The molecular formula is C12H15BrClF2NO2.